The van der Waals surface area contributed by atoms with Gasteiger partial charge in [0.2, 0.25) is 0 Å². The number of hydrogen-bond acceptors (Lipinski definition) is 4. The number of benzene rings is 2. The highest BCUT2D eigenvalue weighted by atomic mass is 35.5. The van der Waals surface area contributed by atoms with E-state index in [1.165, 1.54) is 0 Å². The van der Waals surface area contributed by atoms with E-state index < -0.39 is 0 Å². The number of rotatable bonds is 2. The molecule has 0 saturated carbocycles. The largest absolute Gasteiger partial charge is 0.397 e. The molecule has 0 amide bonds. The normalized spacial score (nSPS) is 10.7. The topological polar surface area (TPSA) is 69.6 Å². The zero-order valence-corrected chi connectivity index (χ0v) is 11.7. The van der Waals surface area contributed by atoms with Crippen molar-refractivity contribution < 1.29 is 0 Å². The minimum absolute atomic E-state index is 0.444. The van der Waals surface area contributed by atoms with Crippen molar-refractivity contribution in [2.45, 2.75) is 0 Å². The first-order valence-corrected chi connectivity index (χ1v) is 6.51. The molecule has 5 nitrogen and oxygen atoms in total. The van der Waals surface area contributed by atoms with E-state index in [4.69, 9.17) is 28.9 Å². The van der Waals surface area contributed by atoms with Gasteiger partial charge in [-0.2, -0.15) is 4.68 Å². The monoisotopic (exact) mass is 305 g/mol. The third kappa shape index (κ3) is 2.21. The van der Waals surface area contributed by atoms with Crippen LogP contribution in [0.4, 0.5) is 5.69 Å². The van der Waals surface area contributed by atoms with Crippen molar-refractivity contribution in [1.29, 1.82) is 0 Å². The van der Waals surface area contributed by atoms with Crippen LogP contribution in [-0.4, -0.2) is 20.2 Å². The molecular weight excluding hydrogens is 297 g/mol. The van der Waals surface area contributed by atoms with Gasteiger partial charge in [0.15, 0.2) is 5.82 Å². The Balaban J connectivity index is 2.15. The van der Waals surface area contributed by atoms with Gasteiger partial charge in [-0.15, -0.1) is 5.10 Å². The van der Waals surface area contributed by atoms with Crippen molar-refractivity contribution in [3.05, 3.63) is 52.5 Å². The first-order valence-electron chi connectivity index (χ1n) is 5.75. The molecule has 0 atom stereocenters. The summed E-state index contributed by atoms with van der Waals surface area (Å²) < 4.78 is 1.58. The summed E-state index contributed by atoms with van der Waals surface area (Å²) in [5.41, 5.74) is 7.89. The van der Waals surface area contributed by atoms with E-state index in [0.717, 1.165) is 5.69 Å². The second-order valence-corrected chi connectivity index (χ2v) is 4.94. The van der Waals surface area contributed by atoms with E-state index >= 15 is 0 Å². The van der Waals surface area contributed by atoms with Gasteiger partial charge in [0.25, 0.3) is 0 Å². The van der Waals surface area contributed by atoms with Gasteiger partial charge in [-0.25, -0.2) is 0 Å². The smallest absolute Gasteiger partial charge is 0.189 e. The summed E-state index contributed by atoms with van der Waals surface area (Å²) in [6.45, 7) is 0. The molecular formula is C13H9Cl2N5. The molecule has 1 heterocycles. The molecule has 1 aromatic heterocycles. The zero-order chi connectivity index (χ0) is 14.1. The Morgan fingerprint density at radius 1 is 1.00 bits per heavy atom. The van der Waals surface area contributed by atoms with Crippen molar-refractivity contribution in [1.82, 2.24) is 20.2 Å². The van der Waals surface area contributed by atoms with Crippen LogP contribution in [0, 0.1) is 0 Å². The first kappa shape index (κ1) is 12.9. The zero-order valence-electron chi connectivity index (χ0n) is 10.2. The van der Waals surface area contributed by atoms with Gasteiger partial charge in [-0.1, -0.05) is 29.3 Å². The summed E-state index contributed by atoms with van der Waals surface area (Å²) in [7, 11) is 0. The van der Waals surface area contributed by atoms with Gasteiger partial charge >= 0.3 is 0 Å². The Hall–Kier alpha value is -2.11. The van der Waals surface area contributed by atoms with Crippen LogP contribution in [0.1, 0.15) is 0 Å². The van der Waals surface area contributed by atoms with E-state index in [1.54, 1.807) is 28.9 Å². The highest BCUT2D eigenvalue weighted by Gasteiger charge is 2.14. The lowest BCUT2D eigenvalue weighted by Gasteiger charge is -2.08. The Bertz CT molecular complexity index is 752. The van der Waals surface area contributed by atoms with Crippen LogP contribution in [0.15, 0.2) is 42.5 Å². The summed E-state index contributed by atoms with van der Waals surface area (Å²) in [5.74, 6) is 0.521. The first-order chi connectivity index (χ1) is 9.66. The lowest BCUT2D eigenvalue weighted by Crippen LogP contribution is -2.01. The van der Waals surface area contributed by atoms with Gasteiger partial charge in [0, 0.05) is 10.6 Å². The summed E-state index contributed by atoms with van der Waals surface area (Å²) in [6, 6.07) is 12.5. The van der Waals surface area contributed by atoms with Crippen molar-refractivity contribution >= 4 is 28.9 Å². The van der Waals surface area contributed by atoms with Gasteiger partial charge < -0.3 is 5.73 Å². The average Bonchev–Trinajstić information content (AvgIpc) is 2.92. The fourth-order valence-corrected chi connectivity index (χ4v) is 2.14. The summed E-state index contributed by atoms with van der Waals surface area (Å²) in [4.78, 5) is 0. The number of tetrazole rings is 1. The molecule has 0 saturated heterocycles. The van der Waals surface area contributed by atoms with Gasteiger partial charge in [0.1, 0.15) is 0 Å². The Morgan fingerprint density at radius 3 is 2.50 bits per heavy atom. The van der Waals surface area contributed by atoms with Crippen LogP contribution in [0.2, 0.25) is 10.0 Å². The average molecular weight is 306 g/mol. The van der Waals surface area contributed by atoms with Gasteiger partial charge in [-0.05, 0) is 46.8 Å². The highest BCUT2D eigenvalue weighted by Crippen LogP contribution is 2.30. The van der Waals surface area contributed by atoms with E-state index in [2.05, 4.69) is 15.5 Å². The maximum Gasteiger partial charge on any atom is 0.189 e. The fourth-order valence-electron chi connectivity index (χ4n) is 1.84. The fraction of sp³-hybridized carbons (Fsp3) is 0. The molecule has 7 heteroatoms. The summed E-state index contributed by atoms with van der Waals surface area (Å²) >= 11 is 11.9. The second-order valence-electron chi connectivity index (χ2n) is 4.09. The van der Waals surface area contributed by atoms with Crippen molar-refractivity contribution in [2.24, 2.45) is 0 Å². The molecule has 0 unspecified atom stereocenters. The molecule has 0 aliphatic rings. The van der Waals surface area contributed by atoms with Crippen molar-refractivity contribution in [2.75, 3.05) is 5.73 Å². The second kappa shape index (κ2) is 5.11. The van der Waals surface area contributed by atoms with Crippen molar-refractivity contribution in [3.63, 3.8) is 0 Å². The van der Waals surface area contributed by atoms with Crippen LogP contribution in [0.25, 0.3) is 17.1 Å². The number of halogens is 2. The number of anilines is 1. The number of nitrogens with zero attached hydrogens (tertiary/aromatic N) is 4. The lowest BCUT2D eigenvalue weighted by atomic mass is 10.1. The number of aromatic nitrogens is 4. The van der Waals surface area contributed by atoms with Crippen molar-refractivity contribution in [3.8, 4) is 17.1 Å². The number of nitrogen functional groups attached to an aromatic ring is 1. The molecule has 0 fully saturated rings. The van der Waals surface area contributed by atoms with Crippen LogP contribution < -0.4 is 5.73 Å². The molecule has 20 heavy (non-hydrogen) atoms. The van der Waals surface area contributed by atoms with Crippen LogP contribution in [0.5, 0.6) is 0 Å². The van der Waals surface area contributed by atoms with E-state index in [1.807, 2.05) is 18.2 Å². The van der Waals surface area contributed by atoms with Gasteiger partial charge in [-0.3, -0.25) is 0 Å². The molecule has 0 radical (unpaired) electrons. The van der Waals surface area contributed by atoms with E-state index in [-0.39, 0.29) is 0 Å². The number of para-hydroxylation sites is 1. The van der Waals surface area contributed by atoms with Crippen LogP contribution in [0.3, 0.4) is 0 Å². The Morgan fingerprint density at radius 2 is 1.75 bits per heavy atom. The molecule has 2 N–H and O–H groups in total. The Kier molecular flexibility index (Phi) is 3.30. The van der Waals surface area contributed by atoms with Crippen LogP contribution in [-0.2, 0) is 0 Å². The molecule has 2 aromatic carbocycles. The highest BCUT2D eigenvalue weighted by molar-refractivity contribution is 6.33. The standard InChI is InChI=1S/C13H9Cl2N5/c14-8-4-6-9(7-5-8)20-13(17-18-19-20)10-2-1-3-11(15)12(10)16/h1-7H,16H2. The minimum Gasteiger partial charge on any atom is -0.397 e. The molecule has 0 spiro atoms. The number of nitrogens with two attached hydrogens (primary N) is 1. The van der Waals surface area contributed by atoms with Crippen LogP contribution >= 0.6 is 23.2 Å². The van der Waals surface area contributed by atoms with E-state index in [0.29, 0.717) is 27.1 Å². The SMILES string of the molecule is Nc1c(Cl)cccc1-c1nnnn1-c1ccc(Cl)cc1. The molecule has 100 valence electrons. The maximum atomic E-state index is 6.03. The predicted octanol–water partition coefficient (Wildman–Crippen LogP) is 3.22. The third-order valence-corrected chi connectivity index (χ3v) is 3.42. The molecule has 0 bridgehead atoms. The predicted molar refractivity (Wildman–Crippen MR) is 79.0 cm³/mol. The molecule has 3 rings (SSSR count). The minimum atomic E-state index is 0.444. The molecule has 3 aromatic rings. The lowest BCUT2D eigenvalue weighted by molar-refractivity contribution is 0.791. The Labute approximate surface area is 124 Å². The summed E-state index contributed by atoms with van der Waals surface area (Å²) in [5, 5.41) is 12.8. The molecule has 0 aliphatic carbocycles. The number of hydrogen-bond donors (Lipinski definition) is 1. The maximum absolute atomic E-state index is 6.03. The summed E-state index contributed by atoms with van der Waals surface area (Å²) in [6.07, 6.45) is 0. The molecule has 0 aliphatic heterocycles. The van der Waals surface area contributed by atoms with Gasteiger partial charge in [0.05, 0.1) is 16.4 Å². The third-order valence-electron chi connectivity index (χ3n) is 2.83. The van der Waals surface area contributed by atoms with E-state index in [9.17, 15) is 0 Å². The quantitative estimate of drug-likeness (QED) is 0.738.